The standard InChI is InChI=1S/C12H24N2O4S/c1-9(2)8-11(12(15)16)13-19(17,18)14-6-4-10(3)5-7-14/h9-11,13H,4-8H2,1-3H3,(H,15,16). The molecule has 1 saturated heterocycles. The molecule has 19 heavy (non-hydrogen) atoms. The van der Waals surface area contributed by atoms with E-state index in [0.717, 1.165) is 12.8 Å². The topological polar surface area (TPSA) is 86.7 Å². The first kappa shape index (κ1) is 16.4. The van der Waals surface area contributed by atoms with Crippen molar-refractivity contribution >= 4 is 16.2 Å². The maximum Gasteiger partial charge on any atom is 0.321 e. The quantitative estimate of drug-likeness (QED) is 0.766. The molecular formula is C12H24N2O4S. The first-order valence-electron chi connectivity index (χ1n) is 6.72. The van der Waals surface area contributed by atoms with E-state index in [1.165, 1.54) is 4.31 Å². The van der Waals surface area contributed by atoms with E-state index in [1.807, 2.05) is 13.8 Å². The van der Waals surface area contributed by atoms with Gasteiger partial charge in [-0.05, 0) is 31.1 Å². The predicted octanol–water partition coefficient (Wildman–Crippen LogP) is 1.05. The number of nitrogens with zero attached hydrogens (tertiary/aromatic N) is 1. The van der Waals surface area contributed by atoms with Crippen LogP contribution in [0.25, 0.3) is 0 Å². The maximum atomic E-state index is 12.1. The Kier molecular flexibility index (Phi) is 5.76. The van der Waals surface area contributed by atoms with E-state index in [4.69, 9.17) is 5.11 Å². The molecule has 1 atom stereocenters. The fraction of sp³-hybridized carbons (Fsp3) is 0.917. The molecule has 0 aromatic heterocycles. The third kappa shape index (κ3) is 5.08. The molecule has 0 aliphatic carbocycles. The van der Waals surface area contributed by atoms with E-state index < -0.39 is 22.2 Å². The molecular weight excluding hydrogens is 268 g/mol. The number of carboxylic acid groups (broad SMARTS) is 1. The monoisotopic (exact) mass is 292 g/mol. The van der Waals surface area contributed by atoms with Crippen molar-refractivity contribution in [2.24, 2.45) is 11.8 Å². The smallest absolute Gasteiger partial charge is 0.321 e. The SMILES string of the molecule is CC(C)CC(NS(=O)(=O)N1CCC(C)CC1)C(=O)O. The van der Waals surface area contributed by atoms with Gasteiger partial charge in [-0.2, -0.15) is 17.4 Å². The zero-order valence-electron chi connectivity index (χ0n) is 11.8. The molecule has 1 heterocycles. The summed E-state index contributed by atoms with van der Waals surface area (Å²) in [5.74, 6) is -0.481. The summed E-state index contributed by atoms with van der Waals surface area (Å²) in [6, 6.07) is -1.05. The number of nitrogens with one attached hydrogen (secondary N) is 1. The Balaban J connectivity index is 2.68. The van der Waals surface area contributed by atoms with Gasteiger partial charge in [-0.1, -0.05) is 20.8 Å². The lowest BCUT2D eigenvalue weighted by Gasteiger charge is -2.30. The van der Waals surface area contributed by atoms with Gasteiger partial charge in [-0.25, -0.2) is 0 Å². The van der Waals surface area contributed by atoms with Crippen LogP contribution >= 0.6 is 0 Å². The first-order valence-corrected chi connectivity index (χ1v) is 8.16. The normalized spacial score (nSPS) is 20.6. The van der Waals surface area contributed by atoms with Crippen LogP contribution in [0.15, 0.2) is 0 Å². The second-order valence-corrected chi connectivity index (χ2v) is 7.43. The molecule has 0 amide bonds. The van der Waals surface area contributed by atoms with Crippen molar-refractivity contribution < 1.29 is 18.3 Å². The Morgan fingerprint density at radius 3 is 2.32 bits per heavy atom. The molecule has 1 unspecified atom stereocenters. The van der Waals surface area contributed by atoms with Crippen molar-refractivity contribution in [2.45, 2.75) is 46.1 Å². The number of carboxylic acids is 1. The molecule has 1 fully saturated rings. The molecule has 0 radical (unpaired) electrons. The van der Waals surface area contributed by atoms with Crippen molar-refractivity contribution in [1.82, 2.24) is 9.03 Å². The van der Waals surface area contributed by atoms with Gasteiger partial charge >= 0.3 is 5.97 Å². The fourth-order valence-electron chi connectivity index (χ4n) is 2.15. The van der Waals surface area contributed by atoms with Crippen molar-refractivity contribution in [3.63, 3.8) is 0 Å². The van der Waals surface area contributed by atoms with E-state index in [0.29, 0.717) is 25.4 Å². The van der Waals surface area contributed by atoms with Crippen LogP contribution in [-0.2, 0) is 15.0 Å². The van der Waals surface area contributed by atoms with E-state index in [1.54, 1.807) is 0 Å². The summed E-state index contributed by atoms with van der Waals surface area (Å²) in [5, 5.41) is 9.08. The van der Waals surface area contributed by atoms with Gasteiger partial charge in [0.1, 0.15) is 6.04 Å². The molecule has 0 aromatic rings. The molecule has 2 N–H and O–H groups in total. The Labute approximate surface area is 115 Å². The largest absolute Gasteiger partial charge is 0.480 e. The number of hydrogen-bond donors (Lipinski definition) is 2. The molecule has 0 saturated carbocycles. The number of aliphatic carboxylic acids is 1. The summed E-state index contributed by atoms with van der Waals surface area (Å²) < 4.78 is 27.9. The van der Waals surface area contributed by atoms with Gasteiger partial charge in [0.15, 0.2) is 0 Å². The minimum Gasteiger partial charge on any atom is -0.480 e. The lowest BCUT2D eigenvalue weighted by atomic mass is 10.0. The minimum atomic E-state index is -3.69. The van der Waals surface area contributed by atoms with Gasteiger partial charge in [0.05, 0.1) is 0 Å². The third-order valence-corrected chi connectivity index (χ3v) is 5.01. The number of piperidine rings is 1. The lowest BCUT2D eigenvalue weighted by Crippen LogP contribution is -2.50. The zero-order chi connectivity index (χ0) is 14.6. The molecule has 0 spiro atoms. The Morgan fingerprint density at radius 2 is 1.89 bits per heavy atom. The van der Waals surface area contributed by atoms with Crippen molar-refractivity contribution in [1.29, 1.82) is 0 Å². The zero-order valence-corrected chi connectivity index (χ0v) is 12.6. The van der Waals surface area contributed by atoms with Crippen LogP contribution < -0.4 is 4.72 Å². The van der Waals surface area contributed by atoms with Crippen LogP contribution in [0.1, 0.15) is 40.0 Å². The van der Waals surface area contributed by atoms with Crippen molar-refractivity contribution in [3.8, 4) is 0 Å². The van der Waals surface area contributed by atoms with Gasteiger partial charge in [-0.15, -0.1) is 0 Å². The summed E-state index contributed by atoms with van der Waals surface area (Å²) >= 11 is 0. The first-order chi connectivity index (χ1) is 8.72. The highest BCUT2D eigenvalue weighted by molar-refractivity contribution is 7.87. The summed E-state index contributed by atoms with van der Waals surface area (Å²) in [5.41, 5.74) is 0. The molecule has 6 nitrogen and oxygen atoms in total. The highest BCUT2D eigenvalue weighted by atomic mass is 32.2. The lowest BCUT2D eigenvalue weighted by molar-refractivity contribution is -0.139. The Bertz CT molecular complexity index is 400. The second-order valence-electron chi connectivity index (χ2n) is 5.72. The van der Waals surface area contributed by atoms with Crippen LogP contribution in [0.4, 0.5) is 0 Å². The molecule has 7 heteroatoms. The summed E-state index contributed by atoms with van der Waals surface area (Å²) in [6.45, 7) is 6.75. The fourth-order valence-corrected chi connectivity index (χ4v) is 3.55. The van der Waals surface area contributed by atoms with E-state index in [-0.39, 0.29) is 5.92 Å². The number of hydrogen-bond acceptors (Lipinski definition) is 3. The molecule has 1 aliphatic rings. The summed E-state index contributed by atoms with van der Waals surface area (Å²) in [4.78, 5) is 11.1. The van der Waals surface area contributed by atoms with Crippen LogP contribution in [0.2, 0.25) is 0 Å². The van der Waals surface area contributed by atoms with Gasteiger partial charge in [0.2, 0.25) is 0 Å². The summed E-state index contributed by atoms with van der Waals surface area (Å²) in [7, 11) is -3.69. The molecule has 112 valence electrons. The number of carbonyl (C=O) groups is 1. The molecule has 0 bridgehead atoms. The molecule has 0 aromatic carbocycles. The van der Waals surface area contributed by atoms with E-state index in [2.05, 4.69) is 11.6 Å². The van der Waals surface area contributed by atoms with Crippen LogP contribution in [0.5, 0.6) is 0 Å². The Morgan fingerprint density at radius 1 is 1.37 bits per heavy atom. The average Bonchev–Trinajstić information content (AvgIpc) is 2.27. The van der Waals surface area contributed by atoms with E-state index in [9.17, 15) is 13.2 Å². The highest BCUT2D eigenvalue weighted by Gasteiger charge is 2.31. The highest BCUT2D eigenvalue weighted by Crippen LogP contribution is 2.18. The second kappa shape index (κ2) is 6.67. The predicted molar refractivity (Wildman–Crippen MR) is 72.9 cm³/mol. The van der Waals surface area contributed by atoms with Crippen LogP contribution in [0, 0.1) is 11.8 Å². The van der Waals surface area contributed by atoms with Gasteiger partial charge in [-0.3, -0.25) is 4.79 Å². The van der Waals surface area contributed by atoms with Crippen LogP contribution in [-0.4, -0.2) is 42.9 Å². The molecule has 1 aliphatic heterocycles. The molecule has 1 rings (SSSR count). The van der Waals surface area contributed by atoms with Gasteiger partial charge in [0.25, 0.3) is 10.2 Å². The Hall–Kier alpha value is -0.660. The minimum absolute atomic E-state index is 0.116. The van der Waals surface area contributed by atoms with Gasteiger partial charge < -0.3 is 5.11 Å². The van der Waals surface area contributed by atoms with Crippen molar-refractivity contribution in [3.05, 3.63) is 0 Å². The van der Waals surface area contributed by atoms with Gasteiger partial charge in [0, 0.05) is 13.1 Å². The van der Waals surface area contributed by atoms with Crippen molar-refractivity contribution in [2.75, 3.05) is 13.1 Å². The number of rotatable bonds is 6. The van der Waals surface area contributed by atoms with E-state index >= 15 is 0 Å². The third-order valence-electron chi connectivity index (χ3n) is 3.38. The van der Waals surface area contributed by atoms with Crippen LogP contribution in [0.3, 0.4) is 0 Å². The average molecular weight is 292 g/mol. The maximum absolute atomic E-state index is 12.1. The summed E-state index contributed by atoms with van der Waals surface area (Å²) in [6.07, 6.45) is 1.93.